The minimum atomic E-state index is 0.205. The lowest BCUT2D eigenvalue weighted by molar-refractivity contribution is -0.121. The molecule has 0 radical (unpaired) electrons. The second-order valence-corrected chi connectivity index (χ2v) is 8.47. The fraction of sp³-hybridized carbons (Fsp3) is 0.938. The van der Waals surface area contributed by atoms with Crippen molar-refractivity contribution in [1.82, 2.24) is 5.32 Å². The Kier molecular flexibility index (Phi) is 6.86. The van der Waals surface area contributed by atoms with Crippen LogP contribution < -0.4 is 11.1 Å². The van der Waals surface area contributed by atoms with Crippen molar-refractivity contribution in [3.05, 3.63) is 0 Å². The highest BCUT2D eigenvalue weighted by atomic mass is 32.2. The normalized spacial score (nSPS) is 19.2. The van der Waals surface area contributed by atoms with Crippen LogP contribution in [0.4, 0.5) is 0 Å². The van der Waals surface area contributed by atoms with Crippen molar-refractivity contribution in [2.75, 3.05) is 19.3 Å². The summed E-state index contributed by atoms with van der Waals surface area (Å²) in [5.74, 6) is 0.730. The zero-order valence-electron chi connectivity index (χ0n) is 13.6. The van der Waals surface area contributed by atoms with Gasteiger partial charge in [0.2, 0.25) is 5.91 Å². The van der Waals surface area contributed by atoms with Crippen LogP contribution in [0.25, 0.3) is 0 Å². The standard InChI is InChI=1S/C16H32N2OS/c1-15(2,3)13(8-11-17)6-7-14(19)18-12-16(20-4)9-5-10-16/h13H,5-12,17H2,1-4H3,(H,18,19). The Bertz CT molecular complexity index is 303. The predicted molar refractivity (Wildman–Crippen MR) is 89.0 cm³/mol. The highest BCUT2D eigenvalue weighted by molar-refractivity contribution is 8.00. The average Bonchev–Trinajstić information content (AvgIpc) is 2.32. The summed E-state index contributed by atoms with van der Waals surface area (Å²) in [4.78, 5) is 12.0. The molecule has 0 aliphatic heterocycles. The molecule has 1 unspecified atom stereocenters. The molecule has 1 amide bonds. The lowest BCUT2D eigenvalue weighted by Crippen LogP contribution is -2.45. The minimum absolute atomic E-state index is 0.205. The van der Waals surface area contributed by atoms with E-state index in [1.54, 1.807) is 0 Å². The molecule has 1 aliphatic carbocycles. The Morgan fingerprint density at radius 1 is 1.35 bits per heavy atom. The van der Waals surface area contributed by atoms with Gasteiger partial charge >= 0.3 is 0 Å². The molecule has 118 valence electrons. The first-order chi connectivity index (χ1) is 9.33. The van der Waals surface area contributed by atoms with E-state index >= 15 is 0 Å². The van der Waals surface area contributed by atoms with Crippen LogP contribution in [0, 0.1) is 11.3 Å². The van der Waals surface area contributed by atoms with Gasteiger partial charge in [0, 0.05) is 17.7 Å². The van der Waals surface area contributed by atoms with E-state index in [9.17, 15) is 4.79 Å². The molecule has 0 bridgehead atoms. The van der Waals surface area contributed by atoms with Crippen LogP contribution in [0.5, 0.6) is 0 Å². The van der Waals surface area contributed by atoms with E-state index in [0.29, 0.717) is 23.6 Å². The molecular formula is C16H32N2OS. The molecule has 0 heterocycles. The lowest BCUT2D eigenvalue weighted by Gasteiger charge is -2.40. The van der Waals surface area contributed by atoms with Crippen molar-refractivity contribution in [3.63, 3.8) is 0 Å². The van der Waals surface area contributed by atoms with Gasteiger partial charge in [-0.15, -0.1) is 0 Å². The molecule has 0 saturated heterocycles. The monoisotopic (exact) mass is 300 g/mol. The summed E-state index contributed by atoms with van der Waals surface area (Å²) < 4.78 is 0.330. The van der Waals surface area contributed by atoms with Crippen molar-refractivity contribution in [2.24, 2.45) is 17.1 Å². The maximum Gasteiger partial charge on any atom is 0.220 e. The number of hydrogen-bond acceptors (Lipinski definition) is 3. The first kappa shape index (κ1) is 17.8. The Morgan fingerprint density at radius 3 is 2.40 bits per heavy atom. The van der Waals surface area contributed by atoms with Crippen molar-refractivity contribution in [3.8, 4) is 0 Å². The lowest BCUT2D eigenvalue weighted by atomic mass is 9.76. The van der Waals surface area contributed by atoms with Crippen molar-refractivity contribution >= 4 is 17.7 Å². The Labute approximate surface area is 128 Å². The zero-order valence-corrected chi connectivity index (χ0v) is 14.4. The molecule has 4 heteroatoms. The summed E-state index contributed by atoms with van der Waals surface area (Å²) in [5, 5.41) is 3.13. The van der Waals surface area contributed by atoms with Gasteiger partial charge < -0.3 is 11.1 Å². The SMILES string of the molecule is CSC1(CNC(=O)CCC(CCN)C(C)(C)C)CCC1. The molecule has 0 aromatic rings. The Hall–Kier alpha value is -0.220. The van der Waals surface area contributed by atoms with Gasteiger partial charge in [-0.2, -0.15) is 11.8 Å². The molecule has 0 aromatic heterocycles. The quantitative estimate of drug-likeness (QED) is 0.724. The van der Waals surface area contributed by atoms with Crippen molar-refractivity contribution in [2.45, 2.75) is 64.0 Å². The Balaban J connectivity index is 2.31. The third-order valence-electron chi connectivity index (χ3n) is 4.77. The van der Waals surface area contributed by atoms with E-state index in [0.717, 1.165) is 19.4 Å². The average molecular weight is 301 g/mol. The number of rotatable bonds is 8. The summed E-state index contributed by atoms with van der Waals surface area (Å²) >= 11 is 1.91. The fourth-order valence-corrected chi connectivity index (χ4v) is 3.80. The van der Waals surface area contributed by atoms with Gasteiger partial charge in [0.05, 0.1) is 0 Å². The molecule has 20 heavy (non-hydrogen) atoms. The van der Waals surface area contributed by atoms with Crippen LogP contribution in [-0.4, -0.2) is 30.0 Å². The van der Waals surface area contributed by atoms with Gasteiger partial charge in [-0.1, -0.05) is 27.2 Å². The van der Waals surface area contributed by atoms with E-state index in [2.05, 4.69) is 32.3 Å². The van der Waals surface area contributed by atoms with Gasteiger partial charge in [0.1, 0.15) is 0 Å². The van der Waals surface area contributed by atoms with E-state index in [-0.39, 0.29) is 11.3 Å². The number of carbonyl (C=O) groups excluding carboxylic acids is 1. The minimum Gasteiger partial charge on any atom is -0.355 e. The number of thioether (sulfide) groups is 1. The van der Waals surface area contributed by atoms with Crippen LogP contribution in [0.3, 0.4) is 0 Å². The summed E-state index contributed by atoms with van der Waals surface area (Å²) in [6.07, 6.45) is 8.52. The number of nitrogens with one attached hydrogen (secondary N) is 1. The maximum absolute atomic E-state index is 12.0. The van der Waals surface area contributed by atoms with Gasteiger partial charge in [-0.25, -0.2) is 0 Å². The van der Waals surface area contributed by atoms with Crippen LogP contribution in [0.15, 0.2) is 0 Å². The predicted octanol–water partition coefficient (Wildman–Crippen LogP) is 3.18. The van der Waals surface area contributed by atoms with E-state index in [1.165, 1.54) is 19.3 Å². The molecule has 1 fully saturated rings. The van der Waals surface area contributed by atoms with Crippen LogP contribution in [0.2, 0.25) is 0 Å². The molecular weight excluding hydrogens is 268 g/mol. The molecule has 3 nitrogen and oxygen atoms in total. The molecule has 0 spiro atoms. The smallest absolute Gasteiger partial charge is 0.220 e. The highest BCUT2D eigenvalue weighted by Crippen LogP contribution is 2.42. The van der Waals surface area contributed by atoms with Crippen LogP contribution in [-0.2, 0) is 4.79 Å². The van der Waals surface area contributed by atoms with E-state index in [4.69, 9.17) is 5.73 Å². The summed E-state index contributed by atoms with van der Waals surface area (Å²) in [5.41, 5.74) is 5.92. The first-order valence-electron chi connectivity index (χ1n) is 7.85. The largest absolute Gasteiger partial charge is 0.355 e. The van der Waals surface area contributed by atoms with Crippen molar-refractivity contribution < 1.29 is 4.79 Å². The molecule has 3 N–H and O–H groups in total. The fourth-order valence-electron chi connectivity index (χ4n) is 2.89. The molecule has 1 saturated carbocycles. The van der Waals surface area contributed by atoms with Crippen LogP contribution in [0.1, 0.15) is 59.3 Å². The second-order valence-electron chi connectivity index (χ2n) is 7.20. The van der Waals surface area contributed by atoms with E-state index < -0.39 is 0 Å². The number of amides is 1. The summed E-state index contributed by atoms with van der Waals surface area (Å²) in [7, 11) is 0. The Morgan fingerprint density at radius 2 is 2.00 bits per heavy atom. The first-order valence-corrected chi connectivity index (χ1v) is 9.07. The number of carbonyl (C=O) groups is 1. The topological polar surface area (TPSA) is 55.1 Å². The van der Waals surface area contributed by atoms with E-state index in [1.807, 2.05) is 11.8 Å². The zero-order chi connectivity index (χ0) is 15.2. The highest BCUT2D eigenvalue weighted by Gasteiger charge is 2.36. The third kappa shape index (κ3) is 5.28. The third-order valence-corrected chi connectivity index (χ3v) is 6.18. The van der Waals surface area contributed by atoms with Gasteiger partial charge in [-0.05, 0) is 49.8 Å². The van der Waals surface area contributed by atoms with Crippen molar-refractivity contribution in [1.29, 1.82) is 0 Å². The number of nitrogens with two attached hydrogens (primary N) is 1. The van der Waals surface area contributed by atoms with Gasteiger partial charge in [-0.3, -0.25) is 4.79 Å². The molecule has 1 aliphatic rings. The summed E-state index contributed by atoms with van der Waals surface area (Å²) in [6.45, 7) is 8.26. The molecule has 0 aromatic carbocycles. The van der Waals surface area contributed by atoms with Crippen LogP contribution >= 0.6 is 11.8 Å². The molecule has 1 rings (SSSR count). The molecule has 1 atom stereocenters. The van der Waals surface area contributed by atoms with Gasteiger partial charge in [0.15, 0.2) is 0 Å². The summed E-state index contributed by atoms with van der Waals surface area (Å²) in [6, 6.07) is 0. The van der Waals surface area contributed by atoms with Gasteiger partial charge in [0.25, 0.3) is 0 Å². The maximum atomic E-state index is 12.0. The second kappa shape index (κ2) is 7.69. The number of hydrogen-bond donors (Lipinski definition) is 2.